The molecule has 0 saturated heterocycles. The number of hydrogen-bond donors (Lipinski definition) is 0. The van der Waals surface area contributed by atoms with Crippen molar-refractivity contribution in [3.63, 3.8) is 0 Å². The Morgan fingerprint density at radius 1 is 1.08 bits per heavy atom. The van der Waals surface area contributed by atoms with Gasteiger partial charge in [-0.1, -0.05) is 29.8 Å². The van der Waals surface area contributed by atoms with E-state index in [0.29, 0.717) is 5.82 Å². The number of rotatable bonds is 4. The van der Waals surface area contributed by atoms with E-state index < -0.39 is 0 Å². The number of nitriles is 1. The molecule has 2 aromatic carbocycles. The van der Waals surface area contributed by atoms with Crippen molar-refractivity contribution in [1.82, 2.24) is 0 Å². The van der Waals surface area contributed by atoms with Gasteiger partial charge in [-0.05, 0) is 37.6 Å². The molecule has 4 nitrogen and oxygen atoms in total. The van der Waals surface area contributed by atoms with Crippen molar-refractivity contribution in [3.8, 4) is 6.07 Å². The maximum absolute atomic E-state index is 12.8. The standard InChI is InChI=1S/C21H21N3OS/c1-14-9-10-20(15(2)11-14)26-13-19(25)16(12-22)21-23(3)17-7-5-6-8-18(17)24(21)4/h5-11H,13H2,1-4H3. The monoisotopic (exact) mass is 363 g/mol. The number of ketones is 1. The predicted octanol–water partition coefficient (Wildman–Crippen LogP) is 4.29. The third-order valence-electron chi connectivity index (χ3n) is 4.54. The van der Waals surface area contributed by atoms with Crippen LogP contribution in [0.2, 0.25) is 0 Å². The Morgan fingerprint density at radius 3 is 2.23 bits per heavy atom. The molecule has 5 heteroatoms. The van der Waals surface area contributed by atoms with Crippen LogP contribution in [0.3, 0.4) is 0 Å². The summed E-state index contributed by atoms with van der Waals surface area (Å²) in [6.45, 7) is 4.09. The van der Waals surface area contributed by atoms with Crippen molar-refractivity contribution >= 4 is 28.9 Å². The largest absolute Gasteiger partial charge is 0.328 e. The van der Waals surface area contributed by atoms with Crippen molar-refractivity contribution in [2.45, 2.75) is 18.7 Å². The summed E-state index contributed by atoms with van der Waals surface area (Å²) in [5, 5.41) is 9.67. The zero-order valence-corrected chi connectivity index (χ0v) is 16.2. The van der Waals surface area contributed by atoms with Crippen LogP contribution in [0.5, 0.6) is 0 Å². The number of carbonyl (C=O) groups excluding carboxylic acids is 1. The number of para-hydroxylation sites is 2. The van der Waals surface area contributed by atoms with E-state index in [1.807, 2.05) is 74.1 Å². The Labute approximate surface area is 158 Å². The van der Waals surface area contributed by atoms with Gasteiger partial charge in [0, 0.05) is 19.0 Å². The van der Waals surface area contributed by atoms with E-state index in [1.165, 1.54) is 17.3 Å². The van der Waals surface area contributed by atoms with E-state index in [4.69, 9.17) is 0 Å². The minimum absolute atomic E-state index is 0.154. The minimum Gasteiger partial charge on any atom is -0.328 e. The Hall–Kier alpha value is -2.71. The molecule has 0 fully saturated rings. The van der Waals surface area contributed by atoms with Gasteiger partial charge in [-0.15, -0.1) is 11.8 Å². The second kappa shape index (κ2) is 7.27. The van der Waals surface area contributed by atoms with E-state index in [2.05, 4.69) is 12.1 Å². The van der Waals surface area contributed by atoms with Gasteiger partial charge in [0.15, 0.2) is 5.78 Å². The van der Waals surface area contributed by atoms with Crippen LogP contribution in [0.1, 0.15) is 11.1 Å². The van der Waals surface area contributed by atoms with Gasteiger partial charge in [0.05, 0.1) is 17.1 Å². The molecular weight excluding hydrogens is 342 g/mol. The average molecular weight is 363 g/mol. The maximum atomic E-state index is 12.8. The SMILES string of the molecule is Cc1ccc(SCC(=O)C(C#N)=C2N(C)c3ccccc3N2C)c(C)c1. The molecule has 3 rings (SSSR count). The van der Waals surface area contributed by atoms with Crippen molar-refractivity contribution in [3.05, 3.63) is 65.0 Å². The van der Waals surface area contributed by atoms with Crippen LogP contribution in [-0.2, 0) is 4.79 Å². The van der Waals surface area contributed by atoms with Gasteiger partial charge in [0.2, 0.25) is 0 Å². The number of hydrogen-bond acceptors (Lipinski definition) is 5. The number of allylic oxidation sites excluding steroid dienone is 1. The Kier molecular flexibility index (Phi) is 5.06. The normalized spacial score (nSPS) is 12.8. The van der Waals surface area contributed by atoms with Gasteiger partial charge < -0.3 is 9.80 Å². The number of nitrogens with zero attached hydrogens (tertiary/aromatic N) is 3. The Morgan fingerprint density at radius 2 is 1.69 bits per heavy atom. The van der Waals surface area contributed by atoms with Crippen LogP contribution in [0.25, 0.3) is 0 Å². The van der Waals surface area contributed by atoms with Crippen LogP contribution >= 0.6 is 11.8 Å². The van der Waals surface area contributed by atoms with Crippen LogP contribution < -0.4 is 9.80 Å². The van der Waals surface area contributed by atoms with Crippen LogP contribution in [0.4, 0.5) is 11.4 Å². The van der Waals surface area contributed by atoms with Crippen molar-refractivity contribution < 1.29 is 4.79 Å². The molecule has 0 spiro atoms. The molecular formula is C21H21N3OS. The molecule has 1 aliphatic heterocycles. The first-order chi connectivity index (χ1) is 12.4. The third-order valence-corrected chi connectivity index (χ3v) is 5.72. The summed E-state index contributed by atoms with van der Waals surface area (Å²) in [7, 11) is 3.78. The summed E-state index contributed by atoms with van der Waals surface area (Å²) in [5.41, 5.74) is 4.53. The second-order valence-corrected chi connectivity index (χ2v) is 7.42. The highest BCUT2D eigenvalue weighted by Gasteiger charge is 2.31. The maximum Gasteiger partial charge on any atom is 0.187 e. The number of Topliss-reactive ketones (excluding diaryl/α,β-unsaturated/α-hetero) is 1. The topological polar surface area (TPSA) is 47.3 Å². The molecule has 26 heavy (non-hydrogen) atoms. The van der Waals surface area contributed by atoms with Gasteiger partial charge in [0.25, 0.3) is 0 Å². The number of aryl methyl sites for hydroxylation is 2. The zero-order valence-electron chi connectivity index (χ0n) is 15.4. The zero-order chi connectivity index (χ0) is 18.8. The summed E-state index contributed by atoms with van der Waals surface area (Å²) in [6.07, 6.45) is 0. The highest BCUT2D eigenvalue weighted by molar-refractivity contribution is 8.00. The lowest BCUT2D eigenvalue weighted by Gasteiger charge is -2.20. The molecule has 0 unspecified atom stereocenters. The fourth-order valence-corrected chi connectivity index (χ4v) is 4.12. The van der Waals surface area contributed by atoms with E-state index in [0.717, 1.165) is 21.8 Å². The summed E-state index contributed by atoms with van der Waals surface area (Å²) in [5.74, 6) is 0.729. The predicted molar refractivity (Wildman–Crippen MR) is 108 cm³/mol. The van der Waals surface area contributed by atoms with Crippen molar-refractivity contribution in [2.24, 2.45) is 0 Å². The Bertz CT molecular complexity index is 912. The molecule has 0 atom stereocenters. The van der Waals surface area contributed by atoms with Crippen LogP contribution in [-0.4, -0.2) is 25.6 Å². The van der Waals surface area contributed by atoms with E-state index in [-0.39, 0.29) is 17.1 Å². The van der Waals surface area contributed by atoms with E-state index in [9.17, 15) is 10.1 Å². The summed E-state index contributed by atoms with van der Waals surface area (Å²) >= 11 is 1.48. The molecule has 0 N–H and O–H groups in total. The Balaban J connectivity index is 1.86. The fourth-order valence-electron chi connectivity index (χ4n) is 3.23. The van der Waals surface area contributed by atoms with Gasteiger partial charge in [0.1, 0.15) is 17.5 Å². The van der Waals surface area contributed by atoms with Gasteiger partial charge in [-0.3, -0.25) is 4.79 Å². The molecule has 0 amide bonds. The third kappa shape index (κ3) is 3.21. The quantitative estimate of drug-likeness (QED) is 0.461. The minimum atomic E-state index is -0.154. The highest BCUT2D eigenvalue weighted by Crippen LogP contribution is 2.40. The molecule has 2 aromatic rings. The van der Waals surface area contributed by atoms with Gasteiger partial charge in [-0.2, -0.15) is 5.26 Å². The number of fused-ring (bicyclic) bond motifs is 1. The van der Waals surface area contributed by atoms with Crippen molar-refractivity contribution in [2.75, 3.05) is 29.6 Å². The second-order valence-electron chi connectivity index (χ2n) is 6.40. The lowest BCUT2D eigenvalue weighted by Crippen LogP contribution is -2.26. The number of anilines is 2. The lowest BCUT2D eigenvalue weighted by atomic mass is 10.2. The van der Waals surface area contributed by atoms with E-state index in [1.54, 1.807) is 0 Å². The van der Waals surface area contributed by atoms with E-state index >= 15 is 0 Å². The first kappa shape index (κ1) is 18.1. The molecule has 132 valence electrons. The summed E-state index contributed by atoms with van der Waals surface area (Å²) in [6, 6.07) is 16.2. The lowest BCUT2D eigenvalue weighted by molar-refractivity contribution is -0.112. The fraction of sp³-hybridized carbons (Fsp3) is 0.238. The number of benzene rings is 2. The smallest absolute Gasteiger partial charge is 0.187 e. The van der Waals surface area contributed by atoms with Crippen molar-refractivity contribution in [1.29, 1.82) is 5.26 Å². The molecule has 0 aliphatic carbocycles. The van der Waals surface area contributed by atoms with Crippen LogP contribution in [0, 0.1) is 25.2 Å². The molecule has 1 heterocycles. The first-order valence-corrected chi connectivity index (χ1v) is 9.36. The van der Waals surface area contributed by atoms with Gasteiger partial charge >= 0.3 is 0 Å². The summed E-state index contributed by atoms with van der Waals surface area (Å²) < 4.78 is 0. The molecule has 0 aromatic heterocycles. The van der Waals surface area contributed by atoms with Crippen LogP contribution in [0.15, 0.2) is 58.8 Å². The summed E-state index contributed by atoms with van der Waals surface area (Å²) in [4.78, 5) is 17.7. The molecule has 0 bridgehead atoms. The molecule has 1 aliphatic rings. The molecule has 0 saturated carbocycles. The molecule has 0 radical (unpaired) electrons. The number of thioether (sulfide) groups is 1. The average Bonchev–Trinajstić information content (AvgIpc) is 2.87. The number of carbonyl (C=O) groups is 1. The highest BCUT2D eigenvalue weighted by atomic mass is 32.2. The van der Waals surface area contributed by atoms with Gasteiger partial charge in [-0.25, -0.2) is 0 Å². The first-order valence-electron chi connectivity index (χ1n) is 8.38.